The first-order valence-electron chi connectivity index (χ1n) is 10.3. The first-order valence-corrected chi connectivity index (χ1v) is 12.1. The zero-order chi connectivity index (χ0) is 24.1. The van der Waals surface area contributed by atoms with Crippen molar-refractivity contribution in [1.29, 1.82) is 0 Å². The van der Waals surface area contributed by atoms with Crippen LogP contribution in [-0.4, -0.2) is 50.0 Å². The Bertz CT molecular complexity index is 1040. The van der Waals surface area contributed by atoms with Crippen LogP contribution in [0, 0.1) is 12.7 Å². The van der Waals surface area contributed by atoms with Crippen molar-refractivity contribution >= 4 is 27.5 Å². The molecule has 0 radical (unpaired) electrons. The lowest BCUT2D eigenvalue weighted by atomic mass is 10.1. The minimum Gasteiger partial charge on any atom is -0.352 e. The molecule has 9 heteroatoms. The lowest BCUT2D eigenvalue weighted by Gasteiger charge is -2.32. The molecule has 1 atom stereocenters. The fourth-order valence-electron chi connectivity index (χ4n) is 3.10. The number of anilines is 1. The molecule has 0 bridgehead atoms. The summed E-state index contributed by atoms with van der Waals surface area (Å²) in [6, 6.07) is 11.4. The molecule has 7 nitrogen and oxygen atoms in total. The maximum Gasteiger partial charge on any atom is 0.244 e. The Balaban J connectivity index is 2.36. The fraction of sp³-hybridized carbons (Fsp3) is 0.391. The molecule has 2 aromatic rings. The maximum atomic E-state index is 13.3. The number of rotatable bonds is 9. The normalized spacial score (nSPS) is 12.3. The van der Waals surface area contributed by atoms with Crippen molar-refractivity contribution in [2.24, 2.45) is 0 Å². The second kappa shape index (κ2) is 10.6. The first kappa shape index (κ1) is 25.3. The van der Waals surface area contributed by atoms with Crippen molar-refractivity contribution in [3.8, 4) is 0 Å². The Labute approximate surface area is 189 Å². The Morgan fingerprint density at radius 2 is 1.56 bits per heavy atom. The molecule has 0 heterocycles. The quantitative estimate of drug-likeness (QED) is 0.620. The van der Waals surface area contributed by atoms with Gasteiger partial charge in [-0.25, -0.2) is 12.8 Å². The van der Waals surface area contributed by atoms with Crippen LogP contribution in [0.5, 0.6) is 0 Å². The smallest absolute Gasteiger partial charge is 0.244 e. The molecular formula is C23H30FN3O4S. The van der Waals surface area contributed by atoms with E-state index in [4.69, 9.17) is 0 Å². The maximum absolute atomic E-state index is 13.3. The van der Waals surface area contributed by atoms with Gasteiger partial charge in [0.1, 0.15) is 18.4 Å². The van der Waals surface area contributed by atoms with E-state index in [-0.39, 0.29) is 18.5 Å². The number of sulfonamides is 1. The van der Waals surface area contributed by atoms with E-state index in [1.807, 2.05) is 6.92 Å². The largest absolute Gasteiger partial charge is 0.352 e. The van der Waals surface area contributed by atoms with Gasteiger partial charge in [-0.3, -0.25) is 13.9 Å². The molecule has 0 aliphatic carbocycles. The number of hydrogen-bond acceptors (Lipinski definition) is 4. The van der Waals surface area contributed by atoms with E-state index >= 15 is 0 Å². The molecule has 0 aromatic heterocycles. The van der Waals surface area contributed by atoms with Gasteiger partial charge in [0.15, 0.2) is 0 Å². The van der Waals surface area contributed by atoms with Gasteiger partial charge in [0, 0.05) is 12.6 Å². The van der Waals surface area contributed by atoms with Crippen LogP contribution in [-0.2, 0) is 26.2 Å². The third-order valence-corrected chi connectivity index (χ3v) is 6.01. The Morgan fingerprint density at radius 1 is 1.00 bits per heavy atom. The molecule has 32 heavy (non-hydrogen) atoms. The number of nitrogens with zero attached hydrogens (tertiary/aromatic N) is 2. The van der Waals surface area contributed by atoms with Crippen LogP contribution >= 0.6 is 0 Å². The summed E-state index contributed by atoms with van der Waals surface area (Å²) in [5.74, 6) is -1.33. The number of nitrogens with one attached hydrogen (secondary N) is 1. The second-order valence-electron chi connectivity index (χ2n) is 8.09. The zero-order valence-electron chi connectivity index (χ0n) is 19.0. The van der Waals surface area contributed by atoms with E-state index in [0.717, 1.165) is 16.1 Å². The summed E-state index contributed by atoms with van der Waals surface area (Å²) in [7, 11) is -3.77. The van der Waals surface area contributed by atoms with Crippen molar-refractivity contribution in [3.63, 3.8) is 0 Å². The Morgan fingerprint density at radius 3 is 2.06 bits per heavy atom. The van der Waals surface area contributed by atoms with Gasteiger partial charge in [-0.2, -0.15) is 0 Å². The minimum absolute atomic E-state index is 0.0251. The minimum atomic E-state index is -3.77. The van der Waals surface area contributed by atoms with Gasteiger partial charge in [0.2, 0.25) is 21.8 Å². The average molecular weight is 464 g/mol. The fourth-order valence-corrected chi connectivity index (χ4v) is 3.95. The summed E-state index contributed by atoms with van der Waals surface area (Å²) >= 11 is 0. The molecule has 0 spiro atoms. The Kier molecular flexibility index (Phi) is 8.38. The van der Waals surface area contributed by atoms with Gasteiger partial charge in [0.25, 0.3) is 0 Å². The molecule has 1 N–H and O–H groups in total. The average Bonchev–Trinajstić information content (AvgIpc) is 2.70. The van der Waals surface area contributed by atoms with Gasteiger partial charge >= 0.3 is 0 Å². The molecule has 0 saturated heterocycles. The van der Waals surface area contributed by atoms with E-state index in [1.165, 1.54) is 29.2 Å². The highest BCUT2D eigenvalue weighted by molar-refractivity contribution is 7.92. The standard InChI is InChI=1S/C23H30FN3O4S/c1-16(2)25-23(29)18(4)26(14-19-8-10-20(24)11-9-19)22(28)15-27(32(5,30)31)21-12-6-17(3)7-13-21/h6-13,16,18H,14-15H2,1-5H3,(H,25,29)/t18-/m1/s1. The molecule has 0 aliphatic heterocycles. The summed E-state index contributed by atoms with van der Waals surface area (Å²) in [4.78, 5) is 27.2. The highest BCUT2D eigenvalue weighted by Gasteiger charge is 2.30. The monoisotopic (exact) mass is 463 g/mol. The van der Waals surface area contributed by atoms with Crippen LogP contribution in [0.1, 0.15) is 31.9 Å². The number of halogens is 1. The summed E-state index contributed by atoms with van der Waals surface area (Å²) in [6.45, 7) is 6.62. The zero-order valence-corrected chi connectivity index (χ0v) is 19.8. The highest BCUT2D eigenvalue weighted by Crippen LogP contribution is 2.19. The van der Waals surface area contributed by atoms with Crippen molar-refractivity contribution in [1.82, 2.24) is 10.2 Å². The van der Waals surface area contributed by atoms with Crippen molar-refractivity contribution in [3.05, 3.63) is 65.5 Å². The highest BCUT2D eigenvalue weighted by atomic mass is 32.2. The van der Waals surface area contributed by atoms with E-state index in [2.05, 4.69) is 5.32 Å². The predicted molar refractivity (Wildman–Crippen MR) is 123 cm³/mol. The van der Waals surface area contributed by atoms with Crippen LogP contribution in [0.2, 0.25) is 0 Å². The summed E-state index contributed by atoms with van der Waals surface area (Å²) in [6.07, 6.45) is 1.03. The van der Waals surface area contributed by atoms with Crippen molar-refractivity contribution in [2.75, 3.05) is 17.1 Å². The summed E-state index contributed by atoms with van der Waals surface area (Å²) in [5, 5.41) is 2.77. The van der Waals surface area contributed by atoms with Crippen molar-refractivity contribution < 1.29 is 22.4 Å². The van der Waals surface area contributed by atoms with E-state index in [0.29, 0.717) is 11.3 Å². The van der Waals surface area contributed by atoms with E-state index in [1.54, 1.807) is 45.0 Å². The van der Waals surface area contributed by atoms with Crippen molar-refractivity contribution in [2.45, 2.75) is 46.3 Å². The molecule has 2 aromatic carbocycles. The van der Waals surface area contributed by atoms with Crippen LogP contribution in [0.4, 0.5) is 10.1 Å². The van der Waals surface area contributed by atoms with E-state index < -0.39 is 34.3 Å². The van der Waals surface area contributed by atoms with Gasteiger partial charge in [0.05, 0.1) is 11.9 Å². The Hall–Kier alpha value is -2.94. The molecule has 0 fully saturated rings. The SMILES string of the molecule is Cc1ccc(N(CC(=O)N(Cc2ccc(F)cc2)[C@H](C)C(=O)NC(C)C)S(C)(=O)=O)cc1. The molecule has 2 rings (SSSR count). The van der Waals surface area contributed by atoms with Crippen LogP contribution < -0.4 is 9.62 Å². The number of carbonyl (C=O) groups is 2. The lowest BCUT2D eigenvalue weighted by Crippen LogP contribution is -2.52. The molecule has 0 aliphatic rings. The van der Waals surface area contributed by atoms with Gasteiger partial charge in [-0.05, 0) is 57.5 Å². The summed E-state index contributed by atoms with van der Waals surface area (Å²) in [5.41, 5.74) is 1.92. The molecule has 0 unspecified atom stereocenters. The third-order valence-electron chi connectivity index (χ3n) is 4.87. The molecular weight excluding hydrogens is 433 g/mol. The van der Waals surface area contributed by atoms with Gasteiger partial charge in [-0.15, -0.1) is 0 Å². The van der Waals surface area contributed by atoms with Crippen LogP contribution in [0.3, 0.4) is 0 Å². The predicted octanol–water partition coefficient (Wildman–Crippen LogP) is 2.84. The lowest BCUT2D eigenvalue weighted by molar-refractivity contribution is -0.139. The van der Waals surface area contributed by atoms with E-state index in [9.17, 15) is 22.4 Å². The topological polar surface area (TPSA) is 86.8 Å². The number of hydrogen-bond donors (Lipinski definition) is 1. The molecule has 0 saturated carbocycles. The molecule has 174 valence electrons. The number of aryl methyl sites for hydroxylation is 1. The first-order chi connectivity index (χ1) is 14.9. The van der Waals surface area contributed by atoms with Crippen LogP contribution in [0.25, 0.3) is 0 Å². The summed E-state index contributed by atoms with van der Waals surface area (Å²) < 4.78 is 39.2. The molecule has 2 amide bonds. The third kappa shape index (κ3) is 7.05. The van der Waals surface area contributed by atoms with Gasteiger partial charge in [-0.1, -0.05) is 29.8 Å². The number of carbonyl (C=O) groups excluding carboxylic acids is 2. The van der Waals surface area contributed by atoms with Gasteiger partial charge < -0.3 is 10.2 Å². The number of benzene rings is 2. The second-order valence-corrected chi connectivity index (χ2v) is 10.00. The van der Waals surface area contributed by atoms with Crippen LogP contribution in [0.15, 0.2) is 48.5 Å². The number of amides is 2.